The van der Waals surface area contributed by atoms with E-state index in [-0.39, 0.29) is 5.69 Å². The number of hydrogen-bond donors (Lipinski definition) is 1. The summed E-state index contributed by atoms with van der Waals surface area (Å²) in [5.74, 6) is 1.08. The maximum absolute atomic E-state index is 13.0. The van der Waals surface area contributed by atoms with Gasteiger partial charge in [-0.25, -0.2) is 0 Å². The molecule has 2 saturated heterocycles. The number of pyridine rings is 1. The summed E-state index contributed by atoms with van der Waals surface area (Å²) in [5, 5.41) is 3.32. The van der Waals surface area contributed by atoms with Crippen LogP contribution in [0.5, 0.6) is 0 Å². The molecule has 1 N–H and O–H groups in total. The summed E-state index contributed by atoms with van der Waals surface area (Å²) in [6.45, 7) is 3.30. The Morgan fingerprint density at radius 3 is 2.84 bits per heavy atom. The van der Waals surface area contributed by atoms with E-state index in [4.69, 9.17) is 0 Å². The molecule has 6 heteroatoms. The van der Waals surface area contributed by atoms with Crippen molar-refractivity contribution in [3.05, 3.63) is 24.0 Å². The molecule has 0 bridgehead atoms. The van der Waals surface area contributed by atoms with Crippen LogP contribution in [-0.4, -0.2) is 31.2 Å². The second-order valence-corrected chi connectivity index (χ2v) is 5.30. The lowest BCUT2D eigenvalue weighted by Crippen LogP contribution is -2.40. The first-order valence-corrected chi connectivity index (χ1v) is 6.52. The highest BCUT2D eigenvalue weighted by Gasteiger charge is 2.38. The van der Waals surface area contributed by atoms with Crippen LogP contribution in [0.1, 0.15) is 12.0 Å². The summed E-state index contributed by atoms with van der Waals surface area (Å²) in [4.78, 5) is 5.47. The SMILES string of the molecule is FC(F)(F)c1cnccc1N1CC[C@@H]2CNC[C@@H]2C1. The number of piperidine rings is 1. The normalized spacial score (nSPS) is 27.4. The van der Waals surface area contributed by atoms with Gasteiger partial charge in [-0.3, -0.25) is 4.98 Å². The second kappa shape index (κ2) is 4.67. The van der Waals surface area contributed by atoms with Crippen molar-refractivity contribution in [2.45, 2.75) is 12.6 Å². The molecule has 0 saturated carbocycles. The highest BCUT2D eigenvalue weighted by molar-refractivity contribution is 5.54. The van der Waals surface area contributed by atoms with E-state index < -0.39 is 11.7 Å². The van der Waals surface area contributed by atoms with Gasteiger partial charge < -0.3 is 10.2 Å². The van der Waals surface area contributed by atoms with E-state index in [2.05, 4.69) is 10.3 Å². The van der Waals surface area contributed by atoms with Gasteiger partial charge in [-0.15, -0.1) is 0 Å². The van der Waals surface area contributed by atoms with E-state index in [0.717, 1.165) is 25.7 Å². The fourth-order valence-corrected chi connectivity index (χ4v) is 3.13. The van der Waals surface area contributed by atoms with E-state index >= 15 is 0 Å². The minimum absolute atomic E-state index is 0.271. The smallest absolute Gasteiger partial charge is 0.371 e. The van der Waals surface area contributed by atoms with Gasteiger partial charge in [-0.1, -0.05) is 0 Å². The van der Waals surface area contributed by atoms with Gasteiger partial charge in [-0.2, -0.15) is 13.2 Å². The maximum Gasteiger partial charge on any atom is 0.419 e. The predicted molar refractivity (Wildman–Crippen MR) is 65.9 cm³/mol. The van der Waals surface area contributed by atoms with E-state index in [1.54, 1.807) is 0 Å². The summed E-state index contributed by atoms with van der Waals surface area (Å²) in [7, 11) is 0. The number of nitrogens with one attached hydrogen (secondary N) is 1. The molecular formula is C13H16F3N3. The Balaban J connectivity index is 1.86. The second-order valence-electron chi connectivity index (χ2n) is 5.30. The molecule has 3 heterocycles. The monoisotopic (exact) mass is 271 g/mol. The molecule has 3 rings (SSSR count). The summed E-state index contributed by atoms with van der Waals surface area (Å²) in [6.07, 6.45) is -1.02. The van der Waals surface area contributed by atoms with Crippen molar-refractivity contribution >= 4 is 5.69 Å². The van der Waals surface area contributed by atoms with E-state index in [9.17, 15) is 13.2 Å². The Morgan fingerprint density at radius 2 is 2.05 bits per heavy atom. The molecule has 2 atom stereocenters. The minimum atomic E-state index is -4.34. The maximum atomic E-state index is 13.0. The van der Waals surface area contributed by atoms with Gasteiger partial charge in [0.05, 0.1) is 11.3 Å². The van der Waals surface area contributed by atoms with E-state index in [0.29, 0.717) is 24.9 Å². The summed E-state index contributed by atoms with van der Waals surface area (Å²) in [5.41, 5.74) is -0.354. The largest absolute Gasteiger partial charge is 0.419 e. The molecule has 0 radical (unpaired) electrons. The summed E-state index contributed by atoms with van der Waals surface area (Å²) in [6, 6.07) is 1.48. The number of aromatic nitrogens is 1. The number of alkyl halides is 3. The molecule has 2 aliphatic rings. The van der Waals surface area contributed by atoms with Gasteiger partial charge in [0.15, 0.2) is 0 Å². The van der Waals surface area contributed by atoms with Crippen molar-refractivity contribution in [2.24, 2.45) is 11.8 Å². The molecule has 0 aliphatic carbocycles. The average molecular weight is 271 g/mol. The lowest BCUT2D eigenvalue weighted by Gasteiger charge is -2.37. The van der Waals surface area contributed by atoms with Crippen molar-refractivity contribution in [1.82, 2.24) is 10.3 Å². The topological polar surface area (TPSA) is 28.2 Å². The van der Waals surface area contributed by atoms with Gasteiger partial charge >= 0.3 is 6.18 Å². The molecular weight excluding hydrogens is 255 g/mol. The fourth-order valence-electron chi connectivity index (χ4n) is 3.13. The molecule has 2 aliphatic heterocycles. The Labute approximate surface area is 109 Å². The molecule has 1 aromatic heterocycles. The van der Waals surface area contributed by atoms with Crippen LogP contribution in [0.4, 0.5) is 18.9 Å². The lowest BCUT2D eigenvalue weighted by molar-refractivity contribution is -0.137. The van der Waals surface area contributed by atoms with Crippen molar-refractivity contribution in [1.29, 1.82) is 0 Å². The third kappa shape index (κ3) is 2.41. The molecule has 0 amide bonds. The number of anilines is 1. The predicted octanol–water partition coefficient (Wildman–Crippen LogP) is 2.15. The molecule has 1 aromatic rings. The van der Waals surface area contributed by atoms with Gasteiger partial charge in [0.25, 0.3) is 0 Å². The highest BCUT2D eigenvalue weighted by Crippen LogP contribution is 2.38. The molecule has 0 spiro atoms. The zero-order chi connectivity index (χ0) is 13.5. The Kier molecular flexibility index (Phi) is 3.12. The van der Waals surface area contributed by atoms with Crippen LogP contribution in [0, 0.1) is 11.8 Å². The molecule has 104 valence electrons. The molecule has 2 fully saturated rings. The molecule has 0 aromatic carbocycles. The van der Waals surface area contributed by atoms with Crippen molar-refractivity contribution in [3.8, 4) is 0 Å². The molecule has 3 nitrogen and oxygen atoms in total. The first-order valence-electron chi connectivity index (χ1n) is 6.52. The number of hydrogen-bond acceptors (Lipinski definition) is 3. The van der Waals surface area contributed by atoms with Gasteiger partial charge in [0.1, 0.15) is 0 Å². The van der Waals surface area contributed by atoms with Crippen LogP contribution in [0.2, 0.25) is 0 Å². The molecule has 19 heavy (non-hydrogen) atoms. The minimum Gasteiger partial charge on any atom is -0.371 e. The number of nitrogens with zero attached hydrogens (tertiary/aromatic N) is 2. The zero-order valence-electron chi connectivity index (χ0n) is 10.5. The average Bonchev–Trinajstić information content (AvgIpc) is 2.85. The number of rotatable bonds is 1. The highest BCUT2D eigenvalue weighted by atomic mass is 19.4. The van der Waals surface area contributed by atoms with Crippen LogP contribution in [0.15, 0.2) is 18.5 Å². The Morgan fingerprint density at radius 1 is 1.26 bits per heavy atom. The van der Waals surface area contributed by atoms with Crippen molar-refractivity contribution in [2.75, 3.05) is 31.1 Å². The van der Waals surface area contributed by atoms with Crippen molar-refractivity contribution < 1.29 is 13.2 Å². The van der Waals surface area contributed by atoms with E-state index in [1.165, 1.54) is 12.3 Å². The standard InChI is InChI=1S/C13H16F3N3/c14-13(15,16)11-7-17-3-1-12(11)19-4-2-9-5-18-6-10(9)8-19/h1,3,7,9-10,18H,2,4-6,8H2/t9-,10-/m1/s1. The third-order valence-electron chi connectivity index (χ3n) is 4.15. The fraction of sp³-hybridized carbons (Fsp3) is 0.615. The van der Waals surface area contributed by atoms with Gasteiger partial charge in [-0.05, 0) is 37.4 Å². The van der Waals surface area contributed by atoms with Crippen LogP contribution >= 0.6 is 0 Å². The van der Waals surface area contributed by atoms with Crippen LogP contribution in [-0.2, 0) is 6.18 Å². The van der Waals surface area contributed by atoms with Crippen LogP contribution in [0.3, 0.4) is 0 Å². The first kappa shape index (κ1) is 12.7. The van der Waals surface area contributed by atoms with Crippen LogP contribution < -0.4 is 10.2 Å². The van der Waals surface area contributed by atoms with Gasteiger partial charge in [0, 0.05) is 25.5 Å². The Bertz CT molecular complexity index is 461. The van der Waals surface area contributed by atoms with Gasteiger partial charge in [0.2, 0.25) is 0 Å². The first-order chi connectivity index (χ1) is 9.05. The molecule has 0 unspecified atom stereocenters. The van der Waals surface area contributed by atoms with Crippen molar-refractivity contribution in [3.63, 3.8) is 0 Å². The van der Waals surface area contributed by atoms with E-state index in [1.807, 2.05) is 4.90 Å². The summed E-state index contributed by atoms with van der Waals surface area (Å²) >= 11 is 0. The Hall–Kier alpha value is -1.30. The van der Waals surface area contributed by atoms with Crippen LogP contribution in [0.25, 0.3) is 0 Å². The quantitative estimate of drug-likeness (QED) is 0.848. The summed E-state index contributed by atoms with van der Waals surface area (Å²) < 4.78 is 39.0. The zero-order valence-corrected chi connectivity index (χ0v) is 10.5. The lowest BCUT2D eigenvalue weighted by atomic mass is 9.88. The number of halogens is 3. The third-order valence-corrected chi connectivity index (χ3v) is 4.15. The number of fused-ring (bicyclic) bond motifs is 1.